The van der Waals surface area contributed by atoms with Crippen molar-refractivity contribution in [3.63, 3.8) is 0 Å². The minimum atomic E-state index is -0.105. The second-order valence-electron chi connectivity index (χ2n) is 6.89. The van der Waals surface area contributed by atoms with Gasteiger partial charge in [-0.1, -0.05) is 33.3 Å². The number of hydrogen-bond donors (Lipinski definition) is 2. The van der Waals surface area contributed by atoms with Crippen LogP contribution in [-0.4, -0.2) is 29.9 Å². The molecule has 0 spiro atoms. The zero-order valence-electron chi connectivity index (χ0n) is 15.9. The standard InChI is InChI=1S/C21H29N3O2/c1-4-6-16(5-2)20(25)23-12-15(3)13-24-21(26)18-8-7-17-9-10-22-14-19(17)11-18/h7-11,14-16H,4-6,12-13H2,1-3H3,(H,23,25)(H,24,26). The van der Waals surface area contributed by atoms with Crippen molar-refractivity contribution >= 4 is 22.6 Å². The summed E-state index contributed by atoms with van der Waals surface area (Å²) in [6.07, 6.45) is 6.29. The number of aromatic nitrogens is 1. The fourth-order valence-electron chi connectivity index (χ4n) is 2.96. The van der Waals surface area contributed by atoms with Crippen LogP contribution in [0.15, 0.2) is 36.7 Å². The van der Waals surface area contributed by atoms with Gasteiger partial charge in [-0.15, -0.1) is 0 Å². The number of rotatable bonds is 9. The van der Waals surface area contributed by atoms with Gasteiger partial charge in [0.05, 0.1) is 0 Å². The molecule has 1 aromatic heterocycles. The maximum absolute atomic E-state index is 12.4. The van der Waals surface area contributed by atoms with Crippen LogP contribution in [0.1, 0.15) is 50.4 Å². The van der Waals surface area contributed by atoms with Crippen molar-refractivity contribution in [1.82, 2.24) is 15.6 Å². The lowest BCUT2D eigenvalue weighted by Gasteiger charge is -2.17. The van der Waals surface area contributed by atoms with Crippen LogP contribution in [0.5, 0.6) is 0 Å². The maximum atomic E-state index is 12.4. The lowest BCUT2D eigenvalue weighted by atomic mass is 9.99. The summed E-state index contributed by atoms with van der Waals surface area (Å²) in [5, 5.41) is 7.96. The van der Waals surface area contributed by atoms with E-state index in [9.17, 15) is 9.59 Å². The zero-order valence-corrected chi connectivity index (χ0v) is 15.9. The molecule has 0 bridgehead atoms. The van der Waals surface area contributed by atoms with Crippen LogP contribution in [-0.2, 0) is 4.79 Å². The topological polar surface area (TPSA) is 71.1 Å². The Hall–Kier alpha value is -2.43. The first-order valence-corrected chi connectivity index (χ1v) is 9.44. The van der Waals surface area contributed by atoms with Gasteiger partial charge in [-0.3, -0.25) is 14.6 Å². The Kier molecular flexibility index (Phi) is 7.57. The Morgan fingerprint density at radius 2 is 1.85 bits per heavy atom. The zero-order chi connectivity index (χ0) is 18.9. The summed E-state index contributed by atoms with van der Waals surface area (Å²) in [6, 6.07) is 7.51. The molecule has 2 atom stereocenters. The third kappa shape index (κ3) is 5.55. The number of nitrogens with one attached hydrogen (secondary N) is 2. The molecule has 26 heavy (non-hydrogen) atoms. The van der Waals surface area contributed by atoms with E-state index in [1.165, 1.54) is 0 Å². The second-order valence-corrected chi connectivity index (χ2v) is 6.89. The van der Waals surface area contributed by atoms with Crippen molar-refractivity contribution < 1.29 is 9.59 Å². The normalized spacial score (nSPS) is 13.2. The van der Waals surface area contributed by atoms with E-state index in [1.54, 1.807) is 12.4 Å². The number of carbonyl (C=O) groups is 2. The number of carbonyl (C=O) groups excluding carboxylic acids is 2. The summed E-state index contributed by atoms with van der Waals surface area (Å²) in [6.45, 7) is 7.25. The largest absolute Gasteiger partial charge is 0.356 e. The quantitative estimate of drug-likeness (QED) is 0.723. The molecule has 2 amide bonds. The van der Waals surface area contributed by atoms with E-state index < -0.39 is 0 Å². The predicted octanol–water partition coefficient (Wildman–Crippen LogP) is 3.54. The van der Waals surface area contributed by atoms with Crippen LogP contribution in [0, 0.1) is 11.8 Å². The van der Waals surface area contributed by atoms with Crippen LogP contribution in [0.25, 0.3) is 10.8 Å². The molecule has 0 fully saturated rings. The molecule has 0 aliphatic carbocycles. The van der Waals surface area contributed by atoms with Gasteiger partial charge in [0, 0.05) is 42.4 Å². The molecule has 140 valence electrons. The van der Waals surface area contributed by atoms with Gasteiger partial charge in [0.2, 0.25) is 5.91 Å². The number of benzene rings is 1. The fourth-order valence-corrected chi connectivity index (χ4v) is 2.96. The number of nitrogens with zero attached hydrogens (tertiary/aromatic N) is 1. The second kappa shape index (κ2) is 9.90. The minimum Gasteiger partial charge on any atom is -0.356 e. The summed E-state index contributed by atoms with van der Waals surface area (Å²) in [7, 11) is 0. The van der Waals surface area contributed by atoms with Gasteiger partial charge >= 0.3 is 0 Å². The number of fused-ring (bicyclic) bond motifs is 1. The summed E-state index contributed by atoms with van der Waals surface area (Å²) < 4.78 is 0. The lowest BCUT2D eigenvalue weighted by molar-refractivity contribution is -0.125. The van der Waals surface area contributed by atoms with Gasteiger partial charge in [-0.2, -0.15) is 0 Å². The van der Waals surface area contributed by atoms with Gasteiger partial charge in [0.15, 0.2) is 0 Å². The monoisotopic (exact) mass is 355 g/mol. The summed E-state index contributed by atoms with van der Waals surface area (Å²) >= 11 is 0. The first-order chi connectivity index (χ1) is 12.5. The van der Waals surface area contributed by atoms with Gasteiger partial charge in [0.1, 0.15) is 0 Å². The Bertz CT molecular complexity index is 745. The van der Waals surface area contributed by atoms with Gasteiger partial charge in [0.25, 0.3) is 5.91 Å². The van der Waals surface area contributed by atoms with Crippen molar-refractivity contribution in [2.45, 2.75) is 40.0 Å². The highest BCUT2D eigenvalue weighted by Gasteiger charge is 2.16. The van der Waals surface area contributed by atoms with E-state index in [0.717, 1.165) is 30.0 Å². The Balaban J connectivity index is 1.81. The molecular formula is C21H29N3O2. The molecule has 1 heterocycles. The Morgan fingerprint density at radius 1 is 1.08 bits per heavy atom. The van der Waals surface area contributed by atoms with E-state index in [4.69, 9.17) is 0 Å². The molecule has 1 aromatic carbocycles. The molecule has 0 radical (unpaired) electrons. The van der Waals surface area contributed by atoms with Crippen molar-refractivity contribution in [2.75, 3.05) is 13.1 Å². The first-order valence-electron chi connectivity index (χ1n) is 9.44. The lowest BCUT2D eigenvalue weighted by Crippen LogP contribution is -2.37. The van der Waals surface area contributed by atoms with Gasteiger partial charge in [-0.25, -0.2) is 0 Å². The molecule has 5 heteroatoms. The van der Waals surface area contributed by atoms with E-state index in [1.807, 2.05) is 38.1 Å². The van der Waals surface area contributed by atoms with Crippen LogP contribution in [0.2, 0.25) is 0 Å². The predicted molar refractivity (Wildman–Crippen MR) is 105 cm³/mol. The number of hydrogen-bond acceptors (Lipinski definition) is 3. The third-order valence-corrected chi connectivity index (χ3v) is 4.64. The van der Waals surface area contributed by atoms with Crippen LogP contribution in [0.4, 0.5) is 0 Å². The molecule has 0 aliphatic heterocycles. The molecule has 0 saturated carbocycles. The molecule has 0 saturated heterocycles. The summed E-state index contributed by atoms with van der Waals surface area (Å²) in [5.41, 5.74) is 0.621. The molecule has 2 aromatic rings. The van der Waals surface area contributed by atoms with E-state index >= 15 is 0 Å². The molecule has 5 nitrogen and oxygen atoms in total. The fraction of sp³-hybridized carbons (Fsp3) is 0.476. The molecule has 2 unspecified atom stereocenters. The van der Waals surface area contributed by atoms with Crippen molar-refractivity contribution in [3.8, 4) is 0 Å². The number of pyridine rings is 1. The SMILES string of the molecule is CCCC(CC)C(=O)NCC(C)CNC(=O)c1ccc2ccncc2c1. The smallest absolute Gasteiger partial charge is 0.251 e. The number of amides is 2. The highest BCUT2D eigenvalue weighted by molar-refractivity contribution is 5.98. The molecule has 0 aliphatic rings. The van der Waals surface area contributed by atoms with Gasteiger partial charge < -0.3 is 10.6 Å². The van der Waals surface area contributed by atoms with E-state index in [2.05, 4.69) is 22.5 Å². The molecule has 2 rings (SSSR count). The van der Waals surface area contributed by atoms with Crippen LogP contribution < -0.4 is 10.6 Å². The van der Waals surface area contributed by atoms with Gasteiger partial charge in [-0.05, 0) is 42.3 Å². The van der Waals surface area contributed by atoms with E-state index in [0.29, 0.717) is 18.7 Å². The average Bonchev–Trinajstić information content (AvgIpc) is 2.67. The summed E-state index contributed by atoms with van der Waals surface area (Å²) in [5.74, 6) is 0.276. The Labute approximate surface area is 155 Å². The third-order valence-electron chi connectivity index (χ3n) is 4.64. The Morgan fingerprint density at radius 3 is 2.58 bits per heavy atom. The summed E-state index contributed by atoms with van der Waals surface area (Å²) in [4.78, 5) is 28.6. The highest BCUT2D eigenvalue weighted by Crippen LogP contribution is 2.14. The van der Waals surface area contributed by atoms with Crippen LogP contribution in [0.3, 0.4) is 0 Å². The molecular weight excluding hydrogens is 326 g/mol. The van der Waals surface area contributed by atoms with Crippen molar-refractivity contribution in [3.05, 3.63) is 42.2 Å². The van der Waals surface area contributed by atoms with Crippen molar-refractivity contribution in [1.29, 1.82) is 0 Å². The molecule has 2 N–H and O–H groups in total. The van der Waals surface area contributed by atoms with Crippen molar-refractivity contribution in [2.24, 2.45) is 11.8 Å². The van der Waals surface area contributed by atoms with Crippen LogP contribution >= 0.6 is 0 Å². The first kappa shape index (κ1) is 19.9. The van der Waals surface area contributed by atoms with E-state index in [-0.39, 0.29) is 23.7 Å². The highest BCUT2D eigenvalue weighted by atomic mass is 16.2. The maximum Gasteiger partial charge on any atom is 0.251 e. The average molecular weight is 355 g/mol. The minimum absolute atomic E-state index is 0.0907.